The van der Waals surface area contributed by atoms with Gasteiger partial charge in [-0.3, -0.25) is 14.8 Å². The van der Waals surface area contributed by atoms with Gasteiger partial charge in [0.15, 0.2) is 6.10 Å². The maximum Gasteiger partial charge on any atom is 0.341 e. The molecule has 0 bridgehead atoms. The molecule has 1 amide bonds. The smallest absolute Gasteiger partial charge is 0.341 e. The van der Waals surface area contributed by atoms with Crippen LogP contribution in [0.15, 0.2) is 53.3 Å². The molecule has 0 saturated heterocycles. The Balaban J connectivity index is 1.77. The fourth-order valence-corrected chi connectivity index (χ4v) is 2.81. The van der Waals surface area contributed by atoms with E-state index in [1.807, 2.05) is 0 Å². The molecule has 138 valence electrons. The number of carbonyl (C=O) groups is 2. The van der Waals surface area contributed by atoms with Gasteiger partial charge in [0.1, 0.15) is 11.3 Å². The van der Waals surface area contributed by atoms with E-state index in [1.54, 1.807) is 31.2 Å². The first-order chi connectivity index (χ1) is 13.0. The lowest BCUT2D eigenvalue weighted by molar-refractivity contribution is -0.124. The number of ether oxygens (including phenoxy) is 1. The summed E-state index contributed by atoms with van der Waals surface area (Å²) in [5, 5.41) is 2.44. The number of rotatable bonds is 5. The minimum Gasteiger partial charge on any atom is -0.449 e. The molecule has 0 saturated carbocycles. The van der Waals surface area contributed by atoms with E-state index in [2.05, 4.69) is 31.2 Å². The fraction of sp³-hybridized carbons (Fsp3) is 0.158. The van der Waals surface area contributed by atoms with Crippen molar-refractivity contribution < 1.29 is 18.7 Å². The first-order valence-corrected chi connectivity index (χ1v) is 8.95. The summed E-state index contributed by atoms with van der Waals surface area (Å²) in [7, 11) is 0. The van der Waals surface area contributed by atoms with Crippen LogP contribution in [-0.2, 0) is 9.53 Å². The summed E-state index contributed by atoms with van der Waals surface area (Å²) in [4.78, 5) is 33.2. The fourth-order valence-electron chi connectivity index (χ4n) is 2.48. The third kappa shape index (κ3) is 4.28. The van der Waals surface area contributed by atoms with Crippen molar-refractivity contribution in [1.29, 1.82) is 0 Å². The van der Waals surface area contributed by atoms with E-state index < -0.39 is 23.8 Å². The third-order valence-corrected chi connectivity index (χ3v) is 4.31. The van der Waals surface area contributed by atoms with Crippen molar-refractivity contribution in [1.82, 2.24) is 9.97 Å². The van der Waals surface area contributed by atoms with E-state index in [9.17, 15) is 14.0 Å². The van der Waals surface area contributed by atoms with Crippen molar-refractivity contribution >= 4 is 44.5 Å². The van der Waals surface area contributed by atoms with E-state index in [0.29, 0.717) is 15.5 Å². The second-order valence-electron chi connectivity index (χ2n) is 5.65. The van der Waals surface area contributed by atoms with E-state index in [0.717, 1.165) is 0 Å². The highest BCUT2D eigenvalue weighted by Crippen LogP contribution is 2.21. The molecule has 0 aliphatic carbocycles. The molecule has 2 aromatic carbocycles. The number of amides is 1. The predicted octanol–water partition coefficient (Wildman–Crippen LogP) is 4.11. The number of carbonyl (C=O) groups excluding carboxylic acids is 2. The Kier molecular flexibility index (Phi) is 5.75. The average Bonchev–Trinajstić information content (AvgIpc) is 2.67. The number of halogens is 2. The Bertz CT molecular complexity index is 1010. The molecule has 0 radical (unpaired) electrons. The number of hydrogen-bond donors (Lipinski definition) is 1. The molecule has 6 nitrogen and oxygen atoms in total. The summed E-state index contributed by atoms with van der Waals surface area (Å²) in [6.45, 7) is 1.69. The molecular weight excluding hydrogens is 417 g/mol. The highest BCUT2D eigenvalue weighted by molar-refractivity contribution is 9.10. The summed E-state index contributed by atoms with van der Waals surface area (Å²) < 4.78 is 19.8. The number of anilines is 1. The first kappa shape index (κ1) is 18.9. The van der Waals surface area contributed by atoms with Crippen LogP contribution in [0, 0.1) is 5.82 Å². The van der Waals surface area contributed by atoms with E-state index in [4.69, 9.17) is 4.74 Å². The molecule has 8 heteroatoms. The maximum absolute atomic E-state index is 13.9. The van der Waals surface area contributed by atoms with Crippen LogP contribution in [0.5, 0.6) is 0 Å². The van der Waals surface area contributed by atoms with Crippen molar-refractivity contribution in [3.8, 4) is 0 Å². The zero-order chi connectivity index (χ0) is 19.4. The highest BCUT2D eigenvalue weighted by Gasteiger charge is 2.24. The molecule has 3 rings (SSSR count). The quantitative estimate of drug-likeness (QED) is 0.614. The minimum absolute atomic E-state index is 0.00808. The van der Waals surface area contributed by atoms with E-state index in [-0.39, 0.29) is 17.7 Å². The number of fused-ring (bicyclic) bond motifs is 1. The van der Waals surface area contributed by atoms with Gasteiger partial charge in [-0.1, -0.05) is 28.9 Å². The standard InChI is InChI=1S/C19H15BrFN3O3/c1-2-16(18(25)24-14-7-6-11(20)10-13(14)21)27-19(26)12-4-3-5-15-17(12)23-9-8-22-15/h3-10,16H,2H2,1H3,(H,24,25). The van der Waals surface area contributed by atoms with Gasteiger partial charge in [-0.25, -0.2) is 9.18 Å². The second kappa shape index (κ2) is 8.22. The summed E-state index contributed by atoms with van der Waals surface area (Å²) in [6.07, 6.45) is 2.14. The van der Waals surface area contributed by atoms with Gasteiger partial charge in [0.25, 0.3) is 5.91 Å². The molecule has 27 heavy (non-hydrogen) atoms. The molecule has 1 heterocycles. The van der Waals surface area contributed by atoms with Gasteiger partial charge >= 0.3 is 5.97 Å². The van der Waals surface area contributed by atoms with Gasteiger partial charge in [-0.2, -0.15) is 0 Å². The lowest BCUT2D eigenvalue weighted by Crippen LogP contribution is -2.32. The zero-order valence-electron chi connectivity index (χ0n) is 14.3. The van der Waals surface area contributed by atoms with Crippen LogP contribution in [0.4, 0.5) is 10.1 Å². The van der Waals surface area contributed by atoms with Crippen molar-refractivity contribution in [2.75, 3.05) is 5.32 Å². The van der Waals surface area contributed by atoms with Gasteiger partial charge < -0.3 is 10.1 Å². The second-order valence-corrected chi connectivity index (χ2v) is 6.56. The number of para-hydroxylation sites is 1. The van der Waals surface area contributed by atoms with Crippen LogP contribution in [0.2, 0.25) is 0 Å². The molecule has 0 aliphatic rings. The van der Waals surface area contributed by atoms with Gasteiger partial charge in [0, 0.05) is 16.9 Å². The summed E-state index contributed by atoms with van der Waals surface area (Å²) in [5.41, 5.74) is 1.15. The molecule has 0 spiro atoms. The monoisotopic (exact) mass is 431 g/mol. The summed E-state index contributed by atoms with van der Waals surface area (Å²) in [5.74, 6) is -1.90. The summed E-state index contributed by atoms with van der Waals surface area (Å²) >= 11 is 3.15. The topological polar surface area (TPSA) is 81.2 Å². The van der Waals surface area contributed by atoms with Gasteiger partial charge in [-0.15, -0.1) is 0 Å². The number of nitrogens with one attached hydrogen (secondary N) is 1. The maximum atomic E-state index is 13.9. The van der Waals surface area contributed by atoms with Crippen LogP contribution in [0.1, 0.15) is 23.7 Å². The molecule has 1 aromatic heterocycles. The number of esters is 1. The first-order valence-electron chi connectivity index (χ1n) is 8.16. The highest BCUT2D eigenvalue weighted by atomic mass is 79.9. The lowest BCUT2D eigenvalue weighted by atomic mass is 10.1. The zero-order valence-corrected chi connectivity index (χ0v) is 15.9. The molecule has 0 fully saturated rings. The molecule has 3 aromatic rings. The number of benzene rings is 2. The molecule has 0 aliphatic heterocycles. The Hall–Kier alpha value is -2.87. The molecular formula is C19H15BrFN3O3. The average molecular weight is 432 g/mol. The summed E-state index contributed by atoms with van der Waals surface area (Å²) in [6, 6.07) is 9.19. The van der Waals surface area contributed by atoms with Crippen LogP contribution in [0.3, 0.4) is 0 Å². The van der Waals surface area contributed by atoms with Gasteiger partial charge in [-0.05, 0) is 36.8 Å². The molecule has 1 unspecified atom stereocenters. The number of aromatic nitrogens is 2. The Morgan fingerprint density at radius 3 is 2.74 bits per heavy atom. The van der Waals surface area contributed by atoms with E-state index >= 15 is 0 Å². The predicted molar refractivity (Wildman–Crippen MR) is 102 cm³/mol. The minimum atomic E-state index is -1.08. The molecule has 1 atom stereocenters. The normalized spacial score (nSPS) is 11.8. The third-order valence-electron chi connectivity index (χ3n) is 3.82. The van der Waals surface area contributed by atoms with Crippen molar-refractivity contribution in [2.45, 2.75) is 19.4 Å². The van der Waals surface area contributed by atoms with Gasteiger partial charge in [0.05, 0.1) is 16.8 Å². The van der Waals surface area contributed by atoms with Crippen LogP contribution in [0.25, 0.3) is 11.0 Å². The Morgan fingerprint density at radius 2 is 2.00 bits per heavy atom. The largest absolute Gasteiger partial charge is 0.449 e. The SMILES string of the molecule is CCC(OC(=O)c1cccc2nccnc12)C(=O)Nc1ccc(Br)cc1F. The number of hydrogen-bond acceptors (Lipinski definition) is 5. The Morgan fingerprint density at radius 1 is 1.22 bits per heavy atom. The van der Waals surface area contributed by atoms with Crippen molar-refractivity contribution in [3.63, 3.8) is 0 Å². The van der Waals surface area contributed by atoms with Crippen LogP contribution < -0.4 is 5.32 Å². The lowest BCUT2D eigenvalue weighted by Gasteiger charge is -2.17. The van der Waals surface area contributed by atoms with Crippen molar-refractivity contribution in [2.24, 2.45) is 0 Å². The van der Waals surface area contributed by atoms with Gasteiger partial charge in [0.2, 0.25) is 0 Å². The van der Waals surface area contributed by atoms with Crippen LogP contribution >= 0.6 is 15.9 Å². The Labute approximate surface area is 162 Å². The van der Waals surface area contributed by atoms with Crippen molar-refractivity contribution in [3.05, 3.63) is 64.6 Å². The van der Waals surface area contributed by atoms with Crippen LogP contribution in [-0.4, -0.2) is 27.9 Å². The van der Waals surface area contributed by atoms with E-state index in [1.165, 1.54) is 24.5 Å². The molecule has 1 N–H and O–H groups in total. The number of nitrogens with zero attached hydrogens (tertiary/aromatic N) is 2.